The lowest BCUT2D eigenvalue weighted by atomic mass is 10.1. The molecule has 5 nitrogen and oxygen atoms in total. The first-order chi connectivity index (χ1) is 13.4. The molecule has 0 fully saturated rings. The first-order valence-electron chi connectivity index (χ1n) is 8.47. The number of aromatic nitrogens is 3. The molecule has 2 aromatic heterocycles. The molecule has 0 unspecified atom stereocenters. The summed E-state index contributed by atoms with van der Waals surface area (Å²) in [7, 11) is 1.88. The molecule has 0 aliphatic rings. The van der Waals surface area contributed by atoms with Crippen LogP contribution >= 0.6 is 11.6 Å². The Morgan fingerprint density at radius 2 is 2.00 bits per heavy atom. The van der Waals surface area contributed by atoms with Crippen molar-refractivity contribution < 1.29 is 9.18 Å². The Bertz CT molecular complexity index is 1210. The predicted molar refractivity (Wildman–Crippen MR) is 110 cm³/mol. The van der Waals surface area contributed by atoms with Crippen LogP contribution in [-0.2, 0) is 11.8 Å². The molecule has 7 heteroatoms. The van der Waals surface area contributed by atoms with Gasteiger partial charge >= 0.3 is 0 Å². The van der Waals surface area contributed by atoms with Crippen molar-refractivity contribution in [1.82, 2.24) is 14.5 Å². The SMILES string of the molecule is C=C(F)C(=O)Nc1cc(-c2cn(C)cn2)c2[nH]c(-c3ccc(Cl)cc3)cc2c1. The summed E-state index contributed by atoms with van der Waals surface area (Å²) in [6.07, 6.45) is 3.57. The third-order valence-corrected chi connectivity index (χ3v) is 4.62. The second kappa shape index (κ2) is 6.98. The number of anilines is 1. The van der Waals surface area contributed by atoms with Crippen LogP contribution in [-0.4, -0.2) is 20.4 Å². The number of amides is 1. The minimum absolute atomic E-state index is 0.457. The quantitative estimate of drug-likeness (QED) is 0.461. The molecule has 4 aromatic rings. The van der Waals surface area contributed by atoms with E-state index in [2.05, 4.69) is 21.9 Å². The molecule has 0 bridgehead atoms. The Kier molecular flexibility index (Phi) is 4.49. The average molecular weight is 395 g/mol. The van der Waals surface area contributed by atoms with Crippen LogP contribution in [0, 0.1) is 0 Å². The number of carbonyl (C=O) groups is 1. The van der Waals surface area contributed by atoms with E-state index in [0.717, 1.165) is 33.4 Å². The maximum Gasteiger partial charge on any atom is 0.283 e. The largest absolute Gasteiger partial charge is 0.354 e. The van der Waals surface area contributed by atoms with Crippen molar-refractivity contribution in [2.75, 3.05) is 5.32 Å². The Labute approximate surface area is 165 Å². The number of nitrogens with one attached hydrogen (secondary N) is 2. The minimum atomic E-state index is -1.05. The van der Waals surface area contributed by atoms with Gasteiger partial charge in [0.25, 0.3) is 5.91 Å². The van der Waals surface area contributed by atoms with Crippen LogP contribution in [0.25, 0.3) is 33.4 Å². The standard InChI is InChI=1S/C21H16ClFN4O/c1-12(23)21(28)25-16-7-14-8-18(13-3-5-15(22)6-4-13)26-20(14)17(9-16)19-10-27(2)11-24-19/h3-11,26H,1H2,2H3,(H,25,28). The zero-order valence-corrected chi connectivity index (χ0v) is 15.7. The molecule has 2 heterocycles. The lowest BCUT2D eigenvalue weighted by molar-refractivity contribution is -0.114. The van der Waals surface area contributed by atoms with Crippen molar-refractivity contribution in [2.24, 2.45) is 7.05 Å². The van der Waals surface area contributed by atoms with Crippen LogP contribution in [0.5, 0.6) is 0 Å². The molecule has 0 aliphatic carbocycles. The van der Waals surface area contributed by atoms with E-state index in [4.69, 9.17) is 11.6 Å². The molecule has 0 radical (unpaired) electrons. The predicted octanol–water partition coefficient (Wildman–Crippen LogP) is 5.31. The molecule has 2 aromatic carbocycles. The van der Waals surface area contributed by atoms with E-state index in [-0.39, 0.29) is 0 Å². The normalized spacial score (nSPS) is 11.0. The molecule has 0 atom stereocenters. The van der Waals surface area contributed by atoms with Crippen LogP contribution in [0.4, 0.5) is 10.1 Å². The molecular weight excluding hydrogens is 379 g/mol. The fourth-order valence-corrected chi connectivity index (χ4v) is 3.18. The molecule has 28 heavy (non-hydrogen) atoms. The molecule has 1 amide bonds. The number of aryl methyl sites for hydroxylation is 1. The monoisotopic (exact) mass is 394 g/mol. The van der Waals surface area contributed by atoms with Gasteiger partial charge in [-0.1, -0.05) is 30.3 Å². The number of imidazole rings is 1. The summed E-state index contributed by atoms with van der Waals surface area (Å²) in [4.78, 5) is 19.6. The van der Waals surface area contributed by atoms with Gasteiger partial charge in [-0.05, 0) is 35.9 Å². The van der Waals surface area contributed by atoms with Gasteiger partial charge in [0, 0.05) is 40.6 Å². The van der Waals surface area contributed by atoms with Crippen LogP contribution in [0.2, 0.25) is 5.02 Å². The number of carbonyl (C=O) groups excluding carboxylic acids is 1. The zero-order chi connectivity index (χ0) is 19.8. The molecule has 140 valence electrons. The highest BCUT2D eigenvalue weighted by Gasteiger charge is 2.15. The zero-order valence-electron chi connectivity index (χ0n) is 15.0. The fourth-order valence-electron chi connectivity index (χ4n) is 3.05. The van der Waals surface area contributed by atoms with Gasteiger partial charge in [-0.15, -0.1) is 0 Å². The topological polar surface area (TPSA) is 62.7 Å². The Morgan fingerprint density at radius 1 is 1.25 bits per heavy atom. The van der Waals surface area contributed by atoms with Crippen molar-refractivity contribution in [3.05, 3.63) is 72.4 Å². The number of halogens is 2. The molecule has 0 spiro atoms. The minimum Gasteiger partial charge on any atom is -0.354 e. The molecule has 0 saturated carbocycles. The Balaban J connectivity index is 1.88. The van der Waals surface area contributed by atoms with Gasteiger partial charge in [-0.2, -0.15) is 0 Å². The lowest BCUT2D eigenvalue weighted by Crippen LogP contribution is -2.11. The average Bonchev–Trinajstić information content (AvgIpc) is 3.27. The fraction of sp³-hybridized carbons (Fsp3) is 0.0476. The van der Waals surface area contributed by atoms with Crippen LogP contribution < -0.4 is 5.32 Å². The van der Waals surface area contributed by atoms with Crippen molar-refractivity contribution in [1.29, 1.82) is 0 Å². The number of hydrogen-bond acceptors (Lipinski definition) is 2. The van der Waals surface area contributed by atoms with Crippen molar-refractivity contribution in [3.63, 3.8) is 0 Å². The first-order valence-corrected chi connectivity index (χ1v) is 8.85. The number of fused-ring (bicyclic) bond motifs is 1. The van der Waals surface area contributed by atoms with E-state index in [1.807, 2.05) is 48.1 Å². The summed E-state index contributed by atoms with van der Waals surface area (Å²) in [5.41, 5.74) is 4.70. The summed E-state index contributed by atoms with van der Waals surface area (Å²) in [5, 5.41) is 4.04. The van der Waals surface area contributed by atoms with E-state index in [9.17, 15) is 9.18 Å². The summed E-state index contributed by atoms with van der Waals surface area (Å²) in [6, 6.07) is 13.0. The molecule has 0 aliphatic heterocycles. The highest BCUT2D eigenvalue weighted by Crippen LogP contribution is 2.34. The van der Waals surface area contributed by atoms with Gasteiger partial charge in [0.2, 0.25) is 0 Å². The summed E-state index contributed by atoms with van der Waals surface area (Å²) < 4.78 is 15.0. The van der Waals surface area contributed by atoms with Crippen molar-refractivity contribution >= 4 is 34.1 Å². The van der Waals surface area contributed by atoms with Gasteiger partial charge in [-0.3, -0.25) is 4.79 Å². The highest BCUT2D eigenvalue weighted by molar-refractivity contribution is 6.30. The summed E-state index contributed by atoms with van der Waals surface area (Å²) in [6.45, 7) is 3.04. The van der Waals surface area contributed by atoms with Gasteiger partial charge in [0.1, 0.15) is 0 Å². The van der Waals surface area contributed by atoms with Crippen LogP contribution in [0.1, 0.15) is 0 Å². The van der Waals surface area contributed by atoms with E-state index in [1.165, 1.54) is 0 Å². The van der Waals surface area contributed by atoms with Crippen molar-refractivity contribution in [3.8, 4) is 22.5 Å². The Hall–Kier alpha value is -3.38. The third kappa shape index (κ3) is 3.42. The number of rotatable bonds is 4. The third-order valence-electron chi connectivity index (χ3n) is 4.37. The molecule has 2 N–H and O–H groups in total. The van der Waals surface area contributed by atoms with E-state index < -0.39 is 11.7 Å². The second-order valence-corrected chi connectivity index (χ2v) is 6.90. The number of nitrogens with zero attached hydrogens (tertiary/aromatic N) is 2. The summed E-state index contributed by atoms with van der Waals surface area (Å²) >= 11 is 5.98. The van der Waals surface area contributed by atoms with E-state index >= 15 is 0 Å². The van der Waals surface area contributed by atoms with E-state index in [1.54, 1.807) is 18.5 Å². The number of H-pyrrole nitrogens is 1. The van der Waals surface area contributed by atoms with Crippen LogP contribution in [0.3, 0.4) is 0 Å². The first kappa shape index (κ1) is 18.0. The molecule has 4 rings (SSSR count). The molecular formula is C21H16ClFN4O. The number of aromatic amines is 1. The Morgan fingerprint density at radius 3 is 2.64 bits per heavy atom. The van der Waals surface area contributed by atoms with Gasteiger partial charge in [-0.25, -0.2) is 9.37 Å². The van der Waals surface area contributed by atoms with E-state index in [0.29, 0.717) is 10.7 Å². The number of hydrogen-bond donors (Lipinski definition) is 2. The molecule has 0 saturated heterocycles. The lowest BCUT2D eigenvalue weighted by Gasteiger charge is -2.07. The van der Waals surface area contributed by atoms with Crippen LogP contribution in [0.15, 0.2) is 67.4 Å². The summed E-state index contributed by atoms with van der Waals surface area (Å²) in [5.74, 6) is -1.92. The maximum atomic E-state index is 13.1. The second-order valence-electron chi connectivity index (χ2n) is 6.46. The van der Waals surface area contributed by atoms with Crippen molar-refractivity contribution in [2.45, 2.75) is 0 Å². The maximum absolute atomic E-state index is 13.1. The highest BCUT2D eigenvalue weighted by atomic mass is 35.5. The van der Waals surface area contributed by atoms with Gasteiger partial charge in [0.15, 0.2) is 5.83 Å². The number of benzene rings is 2. The van der Waals surface area contributed by atoms with Gasteiger partial charge < -0.3 is 14.9 Å². The smallest absolute Gasteiger partial charge is 0.283 e. The van der Waals surface area contributed by atoms with Gasteiger partial charge in [0.05, 0.1) is 17.5 Å².